The van der Waals surface area contributed by atoms with Crippen LogP contribution in [0.2, 0.25) is 0 Å². The molecule has 100 valence electrons. The lowest BCUT2D eigenvalue weighted by Crippen LogP contribution is -2.45. The van der Waals surface area contributed by atoms with Gasteiger partial charge < -0.3 is 14.9 Å². The lowest BCUT2D eigenvalue weighted by molar-refractivity contribution is -0.0726. The van der Waals surface area contributed by atoms with Gasteiger partial charge in [-0.3, -0.25) is 4.98 Å². The number of aryl methyl sites for hydroxylation is 1. The maximum absolute atomic E-state index is 10.1. The number of fused-ring (bicyclic) bond motifs is 3. The van der Waals surface area contributed by atoms with Crippen molar-refractivity contribution in [1.82, 2.24) is 4.98 Å². The van der Waals surface area contributed by atoms with E-state index in [1.165, 1.54) is 0 Å². The minimum Gasteiger partial charge on any atom is -0.486 e. The highest BCUT2D eigenvalue weighted by Gasteiger charge is 2.38. The van der Waals surface area contributed by atoms with Gasteiger partial charge in [0.25, 0.3) is 0 Å². The van der Waals surface area contributed by atoms with Crippen LogP contribution >= 0.6 is 0 Å². The average Bonchev–Trinajstić information content (AvgIpc) is 2.83. The van der Waals surface area contributed by atoms with Gasteiger partial charge in [-0.15, -0.1) is 0 Å². The summed E-state index contributed by atoms with van der Waals surface area (Å²) < 4.78 is 5.87. The zero-order valence-corrected chi connectivity index (χ0v) is 11.1. The number of benzene rings is 1. The van der Waals surface area contributed by atoms with E-state index in [0.717, 1.165) is 27.8 Å². The Morgan fingerprint density at radius 1 is 1.47 bits per heavy atom. The van der Waals surface area contributed by atoms with Gasteiger partial charge >= 0.3 is 0 Å². The van der Waals surface area contributed by atoms with Crippen LogP contribution in [0.1, 0.15) is 18.2 Å². The Morgan fingerprint density at radius 3 is 3.00 bits per heavy atom. The summed E-state index contributed by atoms with van der Waals surface area (Å²) in [5, 5.41) is 21.4. The predicted molar refractivity (Wildman–Crippen MR) is 72.3 cm³/mol. The Bertz CT molecular complexity index is 637. The van der Waals surface area contributed by atoms with Crippen molar-refractivity contribution in [2.24, 2.45) is 0 Å². The summed E-state index contributed by atoms with van der Waals surface area (Å²) in [6.45, 7) is 3.22. The van der Waals surface area contributed by atoms with Crippen LogP contribution in [0.5, 0.6) is 5.75 Å². The summed E-state index contributed by atoms with van der Waals surface area (Å²) in [5.74, 6) is 0.781. The molecule has 0 radical (unpaired) electrons. The number of aromatic nitrogens is 1. The molecule has 2 unspecified atom stereocenters. The number of aliphatic hydroxyl groups is 2. The minimum atomic E-state index is -1.23. The summed E-state index contributed by atoms with van der Waals surface area (Å²) in [5.41, 5.74) is 0.782. The molecule has 0 amide bonds. The molecule has 0 spiro atoms. The molecule has 0 saturated carbocycles. The molecule has 4 nitrogen and oxygen atoms in total. The van der Waals surface area contributed by atoms with Crippen LogP contribution in [0.25, 0.3) is 10.8 Å². The average molecular weight is 259 g/mol. The van der Waals surface area contributed by atoms with E-state index in [4.69, 9.17) is 4.74 Å². The third-order valence-corrected chi connectivity index (χ3v) is 3.75. The number of rotatable bonds is 2. The van der Waals surface area contributed by atoms with Gasteiger partial charge in [-0.2, -0.15) is 0 Å². The summed E-state index contributed by atoms with van der Waals surface area (Å²) in [4.78, 5) is 4.30. The third kappa shape index (κ3) is 1.97. The van der Waals surface area contributed by atoms with E-state index in [2.05, 4.69) is 4.98 Å². The van der Waals surface area contributed by atoms with Crippen molar-refractivity contribution in [2.75, 3.05) is 6.61 Å². The molecule has 0 bridgehead atoms. The van der Waals surface area contributed by atoms with Gasteiger partial charge in [-0.25, -0.2) is 0 Å². The van der Waals surface area contributed by atoms with Crippen LogP contribution in [0, 0.1) is 6.92 Å². The molecular weight excluding hydrogens is 242 g/mol. The number of ether oxygens (including phenoxy) is 1. The molecule has 0 fully saturated rings. The Kier molecular flexibility index (Phi) is 2.73. The fraction of sp³-hybridized carbons (Fsp3) is 0.400. The van der Waals surface area contributed by atoms with Crippen LogP contribution in [0.4, 0.5) is 0 Å². The van der Waals surface area contributed by atoms with Crippen LogP contribution < -0.4 is 4.74 Å². The number of aliphatic hydroxyl groups excluding tert-OH is 1. The molecule has 0 aliphatic carbocycles. The SMILES string of the molecule is Cc1cc2ccc3c(c2cn1)OC(C(C)(O)CO)C3. The van der Waals surface area contributed by atoms with Crippen LogP contribution in [0.3, 0.4) is 0 Å². The monoisotopic (exact) mass is 259 g/mol. The molecule has 1 aliphatic rings. The van der Waals surface area contributed by atoms with Crippen molar-refractivity contribution in [2.45, 2.75) is 32.0 Å². The highest BCUT2D eigenvalue weighted by Crippen LogP contribution is 2.38. The van der Waals surface area contributed by atoms with Crippen molar-refractivity contribution in [3.8, 4) is 5.75 Å². The van der Waals surface area contributed by atoms with Gasteiger partial charge in [0.05, 0.1) is 6.61 Å². The maximum Gasteiger partial charge on any atom is 0.133 e. The van der Waals surface area contributed by atoms with Gasteiger partial charge in [-0.05, 0) is 30.9 Å². The van der Waals surface area contributed by atoms with Crippen molar-refractivity contribution in [3.63, 3.8) is 0 Å². The van der Waals surface area contributed by atoms with Gasteiger partial charge in [0.2, 0.25) is 0 Å². The smallest absolute Gasteiger partial charge is 0.133 e. The van der Waals surface area contributed by atoms with E-state index >= 15 is 0 Å². The molecule has 2 heterocycles. The summed E-state index contributed by atoms with van der Waals surface area (Å²) in [6.07, 6.45) is 1.99. The van der Waals surface area contributed by atoms with E-state index in [9.17, 15) is 10.2 Å². The summed E-state index contributed by atoms with van der Waals surface area (Å²) in [6, 6.07) is 6.07. The highest BCUT2D eigenvalue weighted by atomic mass is 16.5. The zero-order valence-electron chi connectivity index (χ0n) is 11.1. The number of hydrogen-bond donors (Lipinski definition) is 2. The zero-order chi connectivity index (χ0) is 13.6. The van der Waals surface area contributed by atoms with Crippen molar-refractivity contribution < 1.29 is 14.9 Å². The lowest BCUT2D eigenvalue weighted by Gasteiger charge is -2.27. The van der Waals surface area contributed by atoms with E-state index in [-0.39, 0.29) is 6.61 Å². The number of nitrogens with zero attached hydrogens (tertiary/aromatic N) is 1. The molecule has 2 aromatic rings. The van der Waals surface area contributed by atoms with Gasteiger partial charge in [0, 0.05) is 23.7 Å². The standard InChI is InChI=1S/C15H17NO3/c1-9-5-10-3-4-11-6-13(15(2,18)8-17)19-14(11)12(10)7-16-9/h3-5,7,13,17-18H,6,8H2,1-2H3. The molecule has 2 atom stereocenters. The van der Waals surface area contributed by atoms with E-state index in [1.54, 1.807) is 13.1 Å². The Balaban J connectivity index is 2.06. The molecule has 0 saturated heterocycles. The fourth-order valence-electron chi connectivity index (χ4n) is 2.48. The number of pyridine rings is 1. The lowest BCUT2D eigenvalue weighted by atomic mass is 9.95. The topological polar surface area (TPSA) is 62.6 Å². The molecule has 1 aromatic carbocycles. The largest absolute Gasteiger partial charge is 0.486 e. The predicted octanol–water partition coefficient (Wildman–Crippen LogP) is 1.59. The van der Waals surface area contributed by atoms with Crippen molar-refractivity contribution >= 4 is 10.8 Å². The second-order valence-electron chi connectivity index (χ2n) is 5.43. The van der Waals surface area contributed by atoms with Crippen LogP contribution in [0.15, 0.2) is 24.4 Å². The van der Waals surface area contributed by atoms with Crippen molar-refractivity contribution in [1.29, 1.82) is 0 Å². The Hall–Kier alpha value is -1.65. The van der Waals surface area contributed by atoms with E-state index in [1.807, 2.05) is 25.1 Å². The molecular formula is C15H17NO3. The first-order valence-electron chi connectivity index (χ1n) is 6.39. The molecule has 19 heavy (non-hydrogen) atoms. The van der Waals surface area contributed by atoms with Crippen LogP contribution in [-0.2, 0) is 6.42 Å². The molecule has 3 rings (SSSR count). The maximum atomic E-state index is 10.1. The van der Waals surface area contributed by atoms with E-state index < -0.39 is 11.7 Å². The quantitative estimate of drug-likeness (QED) is 0.859. The molecule has 1 aliphatic heterocycles. The third-order valence-electron chi connectivity index (χ3n) is 3.75. The van der Waals surface area contributed by atoms with Crippen LogP contribution in [-0.4, -0.2) is 33.5 Å². The molecule has 4 heteroatoms. The molecule has 1 aromatic heterocycles. The van der Waals surface area contributed by atoms with Gasteiger partial charge in [0.1, 0.15) is 17.5 Å². The summed E-state index contributed by atoms with van der Waals surface area (Å²) >= 11 is 0. The minimum absolute atomic E-state index is 0.319. The summed E-state index contributed by atoms with van der Waals surface area (Å²) in [7, 11) is 0. The van der Waals surface area contributed by atoms with Crippen molar-refractivity contribution in [3.05, 3.63) is 35.7 Å². The van der Waals surface area contributed by atoms with Gasteiger partial charge in [-0.1, -0.05) is 12.1 Å². The Morgan fingerprint density at radius 2 is 2.26 bits per heavy atom. The second kappa shape index (κ2) is 4.18. The Labute approximate surface area is 111 Å². The number of hydrogen-bond acceptors (Lipinski definition) is 4. The van der Waals surface area contributed by atoms with Gasteiger partial charge in [0.15, 0.2) is 0 Å². The fourth-order valence-corrected chi connectivity index (χ4v) is 2.48. The van der Waals surface area contributed by atoms with E-state index in [0.29, 0.717) is 6.42 Å². The second-order valence-corrected chi connectivity index (χ2v) is 5.43. The first-order chi connectivity index (χ1) is 9.01. The normalized spacial score (nSPS) is 20.9. The first-order valence-corrected chi connectivity index (χ1v) is 6.39. The first kappa shape index (κ1) is 12.4. The molecule has 2 N–H and O–H groups in total. The highest BCUT2D eigenvalue weighted by molar-refractivity contribution is 5.89.